The van der Waals surface area contributed by atoms with E-state index >= 15 is 0 Å². The van der Waals surface area contributed by atoms with E-state index in [9.17, 15) is 13.2 Å². The van der Waals surface area contributed by atoms with Gasteiger partial charge >= 0.3 is 6.61 Å². The van der Waals surface area contributed by atoms with E-state index in [4.69, 9.17) is 5.84 Å². The van der Waals surface area contributed by atoms with Gasteiger partial charge in [-0.15, -0.1) is 0 Å². The van der Waals surface area contributed by atoms with E-state index in [1.807, 2.05) is 0 Å². The second-order valence-corrected chi connectivity index (χ2v) is 2.34. The maximum Gasteiger partial charge on any atom is 0.387 e. The topological polar surface area (TPSA) is 47.6 Å². The molecule has 2 N–H and O–H groups in total. The van der Waals surface area contributed by atoms with Crippen molar-refractivity contribution in [2.24, 2.45) is 10.9 Å². The first-order chi connectivity index (χ1) is 6.63. The molecule has 0 saturated heterocycles. The van der Waals surface area contributed by atoms with Crippen LogP contribution in [0.15, 0.2) is 23.3 Å². The van der Waals surface area contributed by atoms with Gasteiger partial charge in [0.1, 0.15) is 11.6 Å². The van der Waals surface area contributed by atoms with Crippen molar-refractivity contribution < 1.29 is 17.9 Å². The number of halogens is 3. The predicted octanol–water partition coefficient (Wildman–Crippen LogP) is 1.72. The molecule has 0 radical (unpaired) electrons. The number of hydrogen-bond acceptors (Lipinski definition) is 3. The van der Waals surface area contributed by atoms with E-state index in [1.54, 1.807) is 0 Å². The van der Waals surface area contributed by atoms with Crippen LogP contribution in [-0.2, 0) is 0 Å². The largest absolute Gasteiger partial charge is 0.435 e. The fraction of sp³-hybridized carbons (Fsp3) is 0.125. The van der Waals surface area contributed by atoms with Crippen molar-refractivity contribution in [1.29, 1.82) is 0 Å². The van der Waals surface area contributed by atoms with E-state index < -0.39 is 12.4 Å². The molecule has 6 heteroatoms. The molecule has 0 unspecified atom stereocenters. The average molecular weight is 204 g/mol. The molecule has 0 saturated carbocycles. The second-order valence-electron chi connectivity index (χ2n) is 2.34. The van der Waals surface area contributed by atoms with Gasteiger partial charge in [0.2, 0.25) is 0 Å². The van der Waals surface area contributed by atoms with Crippen molar-refractivity contribution in [3.05, 3.63) is 29.6 Å². The molecule has 76 valence electrons. The summed E-state index contributed by atoms with van der Waals surface area (Å²) in [6, 6.07) is 3.17. The van der Waals surface area contributed by atoms with Gasteiger partial charge in [-0.3, -0.25) is 0 Å². The van der Waals surface area contributed by atoms with Crippen molar-refractivity contribution in [1.82, 2.24) is 0 Å². The number of rotatable bonds is 3. The Labute approximate surface area is 78.0 Å². The number of benzene rings is 1. The Balaban J connectivity index is 2.94. The second kappa shape index (κ2) is 4.50. The van der Waals surface area contributed by atoms with Gasteiger partial charge < -0.3 is 10.6 Å². The third kappa shape index (κ3) is 2.65. The van der Waals surface area contributed by atoms with Gasteiger partial charge in [0, 0.05) is 5.56 Å². The lowest BCUT2D eigenvalue weighted by atomic mass is 10.2. The molecule has 14 heavy (non-hydrogen) atoms. The minimum Gasteiger partial charge on any atom is -0.435 e. The normalized spacial score (nSPS) is 11.1. The van der Waals surface area contributed by atoms with Gasteiger partial charge in [-0.25, -0.2) is 4.39 Å². The molecule has 1 rings (SSSR count). The van der Waals surface area contributed by atoms with Crippen molar-refractivity contribution in [3.63, 3.8) is 0 Å². The summed E-state index contributed by atoms with van der Waals surface area (Å²) in [5, 5.41) is 3.08. The smallest absolute Gasteiger partial charge is 0.387 e. The molecule has 0 heterocycles. The van der Waals surface area contributed by atoms with Crippen LogP contribution in [0.1, 0.15) is 5.56 Å². The summed E-state index contributed by atoms with van der Waals surface area (Å²) in [6.45, 7) is -2.94. The molecule has 0 aliphatic carbocycles. The predicted molar refractivity (Wildman–Crippen MR) is 44.8 cm³/mol. The van der Waals surface area contributed by atoms with Crippen LogP contribution in [0.3, 0.4) is 0 Å². The molecular formula is C8H7F3N2O. The number of hydrazone groups is 1. The molecule has 0 aliphatic heterocycles. The van der Waals surface area contributed by atoms with Crippen LogP contribution in [0.2, 0.25) is 0 Å². The van der Waals surface area contributed by atoms with Gasteiger partial charge in [0.05, 0.1) is 6.21 Å². The van der Waals surface area contributed by atoms with Gasteiger partial charge in [-0.05, 0) is 18.2 Å². The lowest BCUT2D eigenvalue weighted by Gasteiger charge is -2.04. The van der Waals surface area contributed by atoms with Crippen LogP contribution >= 0.6 is 0 Å². The first kappa shape index (κ1) is 10.4. The van der Waals surface area contributed by atoms with E-state index in [-0.39, 0.29) is 11.3 Å². The first-order valence-corrected chi connectivity index (χ1v) is 3.61. The summed E-state index contributed by atoms with van der Waals surface area (Å²) in [5.41, 5.74) is -0.00866. The van der Waals surface area contributed by atoms with Crippen LogP contribution in [0.5, 0.6) is 5.75 Å². The number of nitrogens with two attached hydrogens (primary N) is 1. The molecule has 1 aromatic carbocycles. The molecule has 0 aliphatic rings. The number of alkyl halides is 2. The highest BCUT2D eigenvalue weighted by molar-refractivity contribution is 5.80. The van der Waals surface area contributed by atoms with Crippen LogP contribution in [0.25, 0.3) is 0 Å². The standard InChI is InChI=1S/C8H7F3N2O/c9-7-2-1-6(14-8(10)11)3-5(7)4-13-12/h1-4,8H,12H2. The van der Waals surface area contributed by atoms with Crippen molar-refractivity contribution in [2.45, 2.75) is 6.61 Å². The Hall–Kier alpha value is -1.72. The molecule has 0 amide bonds. The van der Waals surface area contributed by atoms with Gasteiger partial charge in [0.25, 0.3) is 0 Å². The van der Waals surface area contributed by atoms with Gasteiger partial charge in [-0.1, -0.05) is 0 Å². The Bertz CT molecular complexity index is 341. The highest BCUT2D eigenvalue weighted by Gasteiger charge is 2.06. The fourth-order valence-electron chi connectivity index (χ4n) is 0.877. The van der Waals surface area contributed by atoms with Gasteiger partial charge in [-0.2, -0.15) is 13.9 Å². The number of nitrogens with zero attached hydrogens (tertiary/aromatic N) is 1. The molecular weight excluding hydrogens is 197 g/mol. The minimum absolute atomic E-state index is 0.00866. The van der Waals surface area contributed by atoms with E-state index in [1.165, 1.54) is 0 Å². The zero-order valence-corrected chi connectivity index (χ0v) is 6.95. The van der Waals surface area contributed by atoms with Crippen LogP contribution in [0, 0.1) is 5.82 Å². The number of ether oxygens (including phenoxy) is 1. The molecule has 0 spiro atoms. The van der Waals surface area contributed by atoms with E-state index in [0.29, 0.717) is 0 Å². The lowest BCUT2D eigenvalue weighted by Crippen LogP contribution is -2.03. The van der Waals surface area contributed by atoms with Crippen LogP contribution < -0.4 is 10.6 Å². The van der Waals surface area contributed by atoms with Crippen LogP contribution in [0.4, 0.5) is 13.2 Å². The molecule has 3 nitrogen and oxygen atoms in total. The molecule has 0 bridgehead atoms. The van der Waals surface area contributed by atoms with Crippen LogP contribution in [-0.4, -0.2) is 12.8 Å². The highest BCUT2D eigenvalue weighted by Crippen LogP contribution is 2.17. The van der Waals surface area contributed by atoms with E-state index in [0.717, 1.165) is 24.4 Å². The third-order valence-corrected chi connectivity index (χ3v) is 1.41. The Morgan fingerprint density at radius 1 is 1.43 bits per heavy atom. The Morgan fingerprint density at radius 2 is 2.14 bits per heavy atom. The summed E-state index contributed by atoms with van der Waals surface area (Å²) in [5.74, 6) is 4.04. The average Bonchev–Trinajstić information content (AvgIpc) is 2.10. The summed E-state index contributed by atoms with van der Waals surface area (Å²) >= 11 is 0. The van der Waals surface area contributed by atoms with Gasteiger partial charge in [0.15, 0.2) is 0 Å². The monoisotopic (exact) mass is 204 g/mol. The summed E-state index contributed by atoms with van der Waals surface area (Å²) in [7, 11) is 0. The molecule has 0 fully saturated rings. The number of hydrogen-bond donors (Lipinski definition) is 1. The minimum atomic E-state index is -2.94. The summed E-state index contributed by atoms with van der Waals surface area (Å²) < 4.78 is 40.5. The lowest BCUT2D eigenvalue weighted by molar-refractivity contribution is -0.0498. The highest BCUT2D eigenvalue weighted by atomic mass is 19.3. The Kier molecular flexibility index (Phi) is 3.33. The maximum absolute atomic E-state index is 12.9. The summed E-state index contributed by atoms with van der Waals surface area (Å²) in [6.07, 6.45) is 1.01. The maximum atomic E-state index is 12.9. The Morgan fingerprint density at radius 3 is 2.71 bits per heavy atom. The van der Waals surface area contributed by atoms with Crippen molar-refractivity contribution in [2.75, 3.05) is 0 Å². The first-order valence-electron chi connectivity index (χ1n) is 3.61. The zero-order valence-electron chi connectivity index (χ0n) is 6.95. The molecule has 0 aromatic heterocycles. The molecule has 1 aromatic rings. The quantitative estimate of drug-likeness (QED) is 0.463. The zero-order chi connectivity index (χ0) is 10.6. The van der Waals surface area contributed by atoms with Crippen molar-refractivity contribution in [3.8, 4) is 5.75 Å². The summed E-state index contributed by atoms with van der Waals surface area (Å²) in [4.78, 5) is 0. The molecule has 0 atom stereocenters. The van der Waals surface area contributed by atoms with Crippen molar-refractivity contribution >= 4 is 6.21 Å². The third-order valence-electron chi connectivity index (χ3n) is 1.41. The van der Waals surface area contributed by atoms with E-state index in [2.05, 4.69) is 9.84 Å². The SMILES string of the molecule is NN=Cc1cc(OC(F)F)ccc1F. The fourth-order valence-corrected chi connectivity index (χ4v) is 0.877.